The third-order valence-corrected chi connectivity index (χ3v) is 2.91. The Labute approximate surface area is 137 Å². The van der Waals surface area contributed by atoms with E-state index in [2.05, 4.69) is 10.6 Å². The van der Waals surface area contributed by atoms with Gasteiger partial charge in [0.05, 0.1) is 24.9 Å². The number of hydrogen-bond donors (Lipinski definition) is 3. The van der Waals surface area contributed by atoms with Crippen LogP contribution in [-0.4, -0.2) is 31.0 Å². The maximum absolute atomic E-state index is 11.8. The molecule has 0 bridgehead atoms. The average molecular weight is 330 g/mol. The van der Waals surface area contributed by atoms with Crippen LogP contribution < -0.4 is 21.1 Å². The molecule has 0 fully saturated rings. The van der Waals surface area contributed by atoms with Gasteiger partial charge in [-0.3, -0.25) is 9.59 Å². The molecule has 0 radical (unpaired) electrons. The molecule has 124 valence electrons. The summed E-state index contributed by atoms with van der Waals surface area (Å²) in [6.07, 6.45) is 0. The van der Waals surface area contributed by atoms with Crippen molar-refractivity contribution in [2.75, 3.05) is 18.5 Å². The molecule has 1 aromatic rings. The van der Waals surface area contributed by atoms with E-state index in [1.165, 1.54) is 0 Å². The molecule has 1 aromatic carbocycles. The lowest BCUT2D eigenvalue weighted by Gasteiger charge is -2.15. The van der Waals surface area contributed by atoms with Gasteiger partial charge in [-0.2, -0.15) is 0 Å². The molecule has 0 saturated heterocycles. The number of nitrogens with one attached hydrogen (secondary N) is 2. The van der Waals surface area contributed by atoms with E-state index in [-0.39, 0.29) is 36.7 Å². The smallest absolute Gasteiger partial charge is 0.243 e. The van der Waals surface area contributed by atoms with Gasteiger partial charge in [0.1, 0.15) is 5.75 Å². The number of amides is 2. The number of hydrogen-bond acceptors (Lipinski definition) is 4. The fourth-order valence-electron chi connectivity index (χ4n) is 1.63. The lowest BCUT2D eigenvalue weighted by molar-refractivity contribution is -0.125. The Balaban J connectivity index is 0.00000441. The minimum Gasteiger partial charge on any atom is -0.492 e. The van der Waals surface area contributed by atoms with Gasteiger partial charge in [-0.15, -0.1) is 12.4 Å². The molecule has 0 aliphatic rings. The van der Waals surface area contributed by atoms with E-state index in [1.807, 2.05) is 26.8 Å². The second kappa shape index (κ2) is 10.0. The Morgan fingerprint density at radius 2 is 1.91 bits per heavy atom. The molecule has 0 aliphatic carbocycles. The highest BCUT2D eigenvalue weighted by atomic mass is 35.5. The summed E-state index contributed by atoms with van der Waals surface area (Å²) in [5.41, 5.74) is 6.27. The molecular formula is C15H24ClN3O3. The van der Waals surface area contributed by atoms with E-state index in [9.17, 15) is 9.59 Å². The van der Waals surface area contributed by atoms with Gasteiger partial charge >= 0.3 is 0 Å². The molecule has 6 nitrogen and oxygen atoms in total. The topological polar surface area (TPSA) is 93.5 Å². The zero-order chi connectivity index (χ0) is 15.8. The van der Waals surface area contributed by atoms with Crippen molar-refractivity contribution >= 4 is 29.9 Å². The van der Waals surface area contributed by atoms with Gasteiger partial charge in [0.15, 0.2) is 0 Å². The number of halogens is 1. The van der Waals surface area contributed by atoms with Crippen LogP contribution in [0.1, 0.15) is 20.8 Å². The first kappa shape index (κ1) is 20.2. The molecule has 0 aromatic heterocycles. The molecule has 1 rings (SSSR count). The van der Waals surface area contributed by atoms with Gasteiger partial charge in [-0.05, 0) is 25.0 Å². The molecule has 4 N–H and O–H groups in total. The van der Waals surface area contributed by atoms with Crippen LogP contribution in [0.25, 0.3) is 0 Å². The van der Waals surface area contributed by atoms with Crippen molar-refractivity contribution in [2.45, 2.75) is 26.8 Å². The summed E-state index contributed by atoms with van der Waals surface area (Å²) in [5.74, 6) is -0.0463. The fourth-order valence-corrected chi connectivity index (χ4v) is 1.63. The Morgan fingerprint density at radius 1 is 1.27 bits per heavy atom. The number of carbonyl (C=O) groups is 2. The third kappa shape index (κ3) is 6.32. The van der Waals surface area contributed by atoms with E-state index >= 15 is 0 Å². The first-order valence-electron chi connectivity index (χ1n) is 7.00. The number of rotatable bonds is 7. The Kier molecular flexibility index (Phi) is 9.21. The Bertz CT molecular complexity index is 495. The monoisotopic (exact) mass is 329 g/mol. The van der Waals surface area contributed by atoms with Crippen LogP contribution in [0.15, 0.2) is 24.3 Å². The van der Waals surface area contributed by atoms with Crippen LogP contribution in [0, 0.1) is 5.92 Å². The van der Waals surface area contributed by atoms with Crippen molar-refractivity contribution < 1.29 is 14.3 Å². The quantitative estimate of drug-likeness (QED) is 0.707. The largest absolute Gasteiger partial charge is 0.492 e. The lowest BCUT2D eigenvalue weighted by atomic mass is 10.1. The van der Waals surface area contributed by atoms with Crippen LogP contribution in [0.4, 0.5) is 5.69 Å². The van der Waals surface area contributed by atoms with Crippen molar-refractivity contribution in [3.05, 3.63) is 24.3 Å². The van der Waals surface area contributed by atoms with Crippen LogP contribution in [0.2, 0.25) is 0 Å². The maximum atomic E-state index is 11.8. The van der Waals surface area contributed by atoms with Crippen molar-refractivity contribution in [1.29, 1.82) is 0 Å². The summed E-state index contributed by atoms with van der Waals surface area (Å²) < 4.78 is 5.41. The molecule has 22 heavy (non-hydrogen) atoms. The summed E-state index contributed by atoms with van der Waals surface area (Å²) in [7, 11) is 0. The summed E-state index contributed by atoms with van der Waals surface area (Å²) in [6, 6.07) is 6.51. The molecule has 0 spiro atoms. The number of ether oxygens (including phenoxy) is 1. The number of benzene rings is 1. The van der Waals surface area contributed by atoms with E-state index in [1.54, 1.807) is 18.2 Å². The summed E-state index contributed by atoms with van der Waals surface area (Å²) in [6.45, 7) is 5.95. The number of carbonyl (C=O) groups excluding carboxylic acids is 2. The zero-order valence-electron chi connectivity index (χ0n) is 13.1. The summed E-state index contributed by atoms with van der Waals surface area (Å²) >= 11 is 0. The minimum absolute atomic E-state index is 0. The van der Waals surface area contributed by atoms with Crippen LogP contribution in [0.5, 0.6) is 5.75 Å². The van der Waals surface area contributed by atoms with Crippen molar-refractivity contribution in [1.82, 2.24) is 5.32 Å². The number of nitrogens with two attached hydrogens (primary N) is 1. The standard InChI is InChI=1S/C15H23N3O3.ClH/c1-4-21-12-8-6-5-7-11(12)18-13(19)9-17-15(20)14(16)10(2)3;/h5-8,10,14H,4,9,16H2,1-3H3,(H,17,20)(H,18,19);1H/t14-;/m0./s1. The highest BCUT2D eigenvalue weighted by molar-refractivity contribution is 5.96. The molecule has 1 atom stereocenters. The average Bonchev–Trinajstić information content (AvgIpc) is 2.46. The second-order valence-electron chi connectivity index (χ2n) is 4.96. The van der Waals surface area contributed by atoms with E-state index in [4.69, 9.17) is 10.5 Å². The molecular weight excluding hydrogens is 306 g/mol. The predicted molar refractivity (Wildman–Crippen MR) is 89.3 cm³/mol. The highest BCUT2D eigenvalue weighted by Crippen LogP contribution is 2.23. The van der Waals surface area contributed by atoms with Crippen molar-refractivity contribution in [2.24, 2.45) is 11.7 Å². The zero-order valence-corrected chi connectivity index (χ0v) is 13.9. The Hall–Kier alpha value is -1.79. The van der Waals surface area contributed by atoms with Gasteiger partial charge in [0.2, 0.25) is 11.8 Å². The van der Waals surface area contributed by atoms with Gasteiger partial charge in [-0.1, -0.05) is 26.0 Å². The van der Waals surface area contributed by atoms with Crippen LogP contribution in [0.3, 0.4) is 0 Å². The highest BCUT2D eigenvalue weighted by Gasteiger charge is 2.17. The summed E-state index contributed by atoms with van der Waals surface area (Å²) in [4.78, 5) is 23.5. The van der Waals surface area contributed by atoms with Crippen LogP contribution >= 0.6 is 12.4 Å². The number of anilines is 1. The van der Waals surface area contributed by atoms with Gasteiger partial charge in [0.25, 0.3) is 0 Å². The minimum atomic E-state index is -0.617. The molecule has 2 amide bonds. The van der Waals surface area contributed by atoms with Crippen LogP contribution in [-0.2, 0) is 9.59 Å². The molecule has 0 unspecified atom stereocenters. The molecule has 0 aliphatic heterocycles. The van der Waals surface area contributed by atoms with E-state index < -0.39 is 6.04 Å². The van der Waals surface area contributed by atoms with Gasteiger partial charge in [-0.25, -0.2) is 0 Å². The predicted octanol–water partition coefficient (Wildman–Crippen LogP) is 1.55. The van der Waals surface area contributed by atoms with Crippen molar-refractivity contribution in [3.63, 3.8) is 0 Å². The van der Waals surface area contributed by atoms with Crippen molar-refractivity contribution in [3.8, 4) is 5.75 Å². The van der Waals surface area contributed by atoms with E-state index in [0.29, 0.717) is 18.0 Å². The molecule has 0 saturated carbocycles. The number of para-hydroxylation sites is 2. The van der Waals surface area contributed by atoms with Gasteiger partial charge < -0.3 is 21.1 Å². The normalized spacial score (nSPS) is 11.3. The molecule has 0 heterocycles. The van der Waals surface area contributed by atoms with Gasteiger partial charge in [0, 0.05) is 0 Å². The first-order chi connectivity index (χ1) is 9.95. The fraction of sp³-hybridized carbons (Fsp3) is 0.467. The maximum Gasteiger partial charge on any atom is 0.243 e. The SMILES string of the molecule is CCOc1ccccc1NC(=O)CNC(=O)[C@@H](N)C(C)C.Cl. The third-order valence-electron chi connectivity index (χ3n) is 2.91. The summed E-state index contributed by atoms with van der Waals surface area (Å²) in [5, 5.41) is 5.22. The molecule has 7 heteroatoms. The first-order valence-corrected chi connectivity index (χ1v) is 7.00. The lowest BCUT2D eigenvalue weighted by Crippen LogP contribution is -2.46. The Morgan fingerprint density at radius 3 is 2.50 bits per heavy atom. The second-order valence-corrected chi connectivity index (χ2v) is 4.96. The van der Waals surface area contributed by atoms with E-state index in [0.717, 1.165) is 0 Å².